The van der Waals surface area contributed by atoms with Gasteiger partial charge < -0.3 is 9.47 Å². The molecule has 0 spiro atoms. The van der Waals surface area contributed by atoms with Crippen molar-refractivity contribution in [2.45, 2.75) is 182 Å². The largest absolute Gasteiger partial charge is 0.462 e. The van der Waals surface area contributed by atoms with Gasteiger partial charge >= 0.3 is 11.9 Å². The minimum atomic E-state index is -0.285. The van der Waals surface area contributed by atoms with Crippen molar-refractivity contribution in [1.29, 1.82) is 0 Å². The first-order valence-corrected chi connectivity index (χ1v) is 16.7. The molecule has 4 heteroatoms. The predicted octanol–water partition coefficient (Wildman–Crippen LogP) is 10.8. The molecule has 0 atom stereocenters. The van der Waals surface area contributed by atoms with Crippen LogP contribution < -0.4 is 0 Å². The fourth-order valence-corrected chi connectivity index (χ4v) is 4.83. The number of carbonyl (C=O) groups is 2. The Morgan fingerprint density at radius 1 is 0.368 bits per heavy atom. The number of hydrogen-bond acceptors (Lipinski definition) is 4. The first-order chi connectivity index (χ1) is 18.6. The van der Waals surface area contributed by atoms with Crippen LogP contribution in [0.4, 0.5) is 0 Å². The maximum atomic E-state index is 13.3. The van der Waals surface area contributed by atoms with Gasteiger partial charge in [-0.05, 0) is 38.5 Å². The van der Waals surface area contributed by atoms with E-state index in [9.17, 15) is 9.59 Å². The Balaban J connectivity index is 5.22. The van der Waals surface area contributed by atoms with E-state index >= 15 is 0 Å². The summed E-state index contributed by atoms with van der Waals surface area (Å²) in [4.78, 5) is 26.5. The van der Waals surface area contributed by atoms with E-state index in [0.29, 0.717) is 37.2 Å². The van der Waals surface area contributed by atoms with Gasteiger partial charge in [-0.1, -0.05) is 143 Å². The summed E-state index contributed by atoms with van der Waals surface area (Å²) < 4.78 is 11.5. The Kier molecular flexibility index (Phi) is 27.7. The topological polar surface area (TPSA) is 52.6 Å². The SMILES string of the molecule is CCCCCCCCOC(=O)/C(CCCCCC)=C(/CCCCCCCC)C(=O)OCCCCCCCC. The molecule has 4 nitrogen and oxygen atoms in total. The van der Waals surface area contributed by atoms with Crippen LogP contribution in [0.1, 0.15) is 182 Å². The summed E-state index contributed by atoms with van der Waals surface area (Å²) in [6.45, 7) is 9.74. The average molecular weight is 537 g/mol. The minimum Gasteiger partial charge on any atom is -0.462 e. The molecule has 0 N–H and O–H groups in total. The minimum absolute atomic E-state index is 0.283. The predicted molar refractivity (Wildman–Crippen MR) is 162 cm³/mol. The molecular formula is C34H64O4. The molecule has 0 saturated carbocycles. The lowest BCUT2D eigenvalue weighted by Gasteiger charge is -2.15. The van der Waals surface area contributed by atoms with Crippen molar-refractivity contribution in [3.8, 4) is 0 Å². The lowest BCUT2D eigenvalue weighted by Crippen LogP contribution is -2.18. The Hall–Kier alpha value is -1.32. The molecule has 224 valence electrons. The van der Waals surface area contributed by atoms with Crippen LogP contribution in [0, 0.1) is 0 Å². The van der Waals surface area contributed by atoms with Crippen molar-refractivity contribution in [2.75, 3.05) is 13.2 Å². The van der Waals surface area contributed by atoms with Crippen molar-refractivity contribution in [1.82, 2.24) is 0 Å². The Morgan fingerprint density at radius 2 is 0.632 bits per heavy atom. The van der Waals surface area contributed by atoms with Crippen LogP contribution in [0.2, 0.25) is 0 Å². The number of unbranched alkanes of at least 4 members (excludes halogenated alkanes) is 18. The van der Waals surface area contributed by atoms with E-state index in [-0.39, 0.29) is 11.9 Å². The highest BCUT2D eigenvalue weighted by Gasteiger charge is 2.23. The van der Waals surface area contributed by atoms with Gasteiger partial charge in [-0.25, -0.2) is 9.59 Å². The van der Waals surface area contributed by atoms with Crippen molar-refractivity contribution < 1.29 is 19.1 Å². The van der Waals surface area contributed by atoms with Gasteiger partial charge in [0, 0.05) is 11.1 Å². The molecule has 0 aromatic rings. The number of hydrogen-bond donors (Lipinski definition) is 0. The summed E-state index contributed by atoms with van der Waals surface area (Å²) in [5, 5.41) is 0. The van der Waals surface area contributed by atoms with Crippen molar-refractivity contribution >= 4 is 11.9 Å². The molecule has 0 bridgehead atoms. The standard InChI is InChI=1S/C34H64O4/c1-5-9-13-17-20-24-28-32(34(36)38-30-26-22-19-15-11-7-3)31(27-23-16-12-8-4)33(35)37-29-25-21-18-14-10-6-2/h5-30H2,1-4H3/b32-31-. The average Bonchev–Trinajstić information content (AvgIpc) is 2.92. The first kappa shape index (κ1) is 36.7. The van der Waals surface area contributed by atoms with Crippen LogP contribution in [-0.2, 0) is 19.1 Å². The normalized spacial score (nSPS) is 11.9. The Labute approximate surface area is 237 Å². The number of esters is 2. The zero-order valence-electron chi connectivity index (χ0n) is 26.0. The second-order valence-electron chi connectivity index (χ2n) is 11.1. The monoisotopic (exact) mass is 536 g/mol. The van der Waals surface area contributed by atoms with E-state index in [0.717, 1.165) is 64.2 Å². The van der Waals surface area contributed by atoms with Gasteiger partial charge in [-0.2, -0.15) is 0 Å². The molecule has 0 amide bonds. The van der Waals surface area contributed by atoms with E-state index in [4.69, 9.17) is 9.47 Å². The van der Waals surface area contributed by atoms with Crippen LogP contribution in [0.15, 0.2) is 11.1 Å². The van der Waals surface area contributed by atoms with Crippen molar-refractivity contribution in [3.05, 3.63) is 11.1 Å². The smallest absolute Gasteiger partial charge is 0.334 e. The van der Waals surface area contributed by atoms with Crippen LogP contribution in [0.25, 0.3) is 0 Å². The van der Waals surface area contributed by atoms with Crippen molar-refractivity contribution in [2.24, 2.45) is 0 Å². The van der Waals surface area contributed by atoms with Gasteiger partial charge in [0.25, 0.3) is 0 Å². The Morgan fingerprint density at radius 3 is 0.974 bits per heavy atom. The molecule has 0 aliphatic heterocycles. The highest BCUT2D eigenvalue weighted by Crippen LogP contribution is 2.23. The fraction of sp³-hybridized carbons (Fsp3) is 0.882. The third-order valence-electron chi connectivity index (χ3n) is 7.38. The Bertz CT molecular complexity index is 581. The lowest BCUT2D eigenvalue weighted by atomic mass is 9.96. The van der Waals surface area contributed by atoms with Gasteiger partial charge in [-0.15, -0.1) is 0 Å². The maximum Gasteiger partial charge on any atom is 0.334 e. The third kappa shape index (κ3) is 21.6. The van der Waals surface area contributed by atoms with Crippen LogP contribution in [-0.4, -0.2) is 25.2 Å². The lowest BCUT2D eigenvalue weighted by molar-refractivity contribution is -0.142. The zero-order chi connectivity index (χ0) is 28.1. The van der Waals surface area contributed by atoms with E-state index in [2.05, 4.69) is 27.7 Å². The quantitative estimate of drug-likeness (QED) is 0.0567. The van der Waals surface area contributed by atoms with Crippen LogP contribution in [0.5, 0.6) is 0 Å². The molecular weight excluding hydrogens is 472 g/mol. The molecule has 0 aromatic carbocycles. The molecule has 0 fully saturated rings. The fourth-order valence-electron chi connectivity index (χ4n) is 4.83. The molecule has 0 rings (SSSR count). The summed E-state index contributed by atoms with van der Waals surface area (Å²) in [7, 11) is 0. The van der Waals surface area contributed by atoms with E-state index < -0.39 is 0 Å². The third-order valence-corrected chi connectivity index (χ3v) is 7.38. The molecule has 0 heterocycles. The zero-order valence-corrected chi connectivity index (χ0v) is 26.0. The highest BCUT2D eigenvalue weighted by molar-refractivity contribution is 6.00. The number of rotatable bonds is 28. The second-order valence-corrected chi connectivity index (χ2v) is 11.1. The van der Waals surface area contributed by atoms with Crippen LogP contribution in [0.3, 0.4) is 0 Å². The summed E-state index contributed by atoms with van der Waals surface area (Å²) in [6.07, 6.45) is 26.3. The highest BCUT2D eigenvalue weighted by atomic mass is 16.5. The van der Waals surface area contributed by atoms with E-state index in [1.165, 1.54) is 77.0 Å². The number of ether oxygens (including phenoxy) is 2. The molecule has 0 unspecified atom stereocenters. The van der Waals surface area contributed by atoms with Crippen molar-refractivity contribution in [3.63, 3.8) is 0 Å². The molecule has 38 heavy (non-hydrogen) atoms. The summed E-state index contributed by atoms with van der Waals surface area (Å²) in [5.74, 6) is -0.568. The van der Waals surface area contributed by atoms with Gasteiger partial charge in [0.1, 0.15) is 0 Å². The van der Waals surface area contributed by atoms with Gasteiger partial charge in [-0.3, -0.25) is 0 Å². The van der Waals surface area contributed by atoms with Gasteiger partial charge in [0.15, 0.2) is 0 Å². The van der Waals surface area contributed by atoms with Crippen LogP contribution >= 0.6 is 0 Å². The summed E-state index contributed by atoms with van der Waals surface area (Å²) in [6, 6.07) is 0. The molecule has 0 saturated heterocycles. The van der Waals surface area contributed by atoms with Gasteiger partial charge in [0.2, 0.25) is 0 Å². The molecule has 0 radical (unpaired) electrons. The second kappa shape index (κ2) is 28.7. The van der Waals surface area contributed by atoms with E-state index in [1.807, 2.05) is 0 Å². The van der Waals surface area contributed by atoms with Gasteiger partial charge in [0.05, 0.1) is 13.2 Å². The summed E-state index contributed by atoms with van der Waals surface area (Å²) >= 11 is 0. The molecule has 0 aliphatic carbocycles. The molecule has 0 aromatic heterocycles. The molecule has 0 aliphatic rings. The van der Waals surface area contributed by atoms with E-state index in [1.54, 1.807) is 0 Å². The summed E-state index contributed by atoms with van der Waals surface area (Å²) in [5.41, 5.74) is 1.18. The number of carbonyl (C=O) groups excluding carboxylic acids is 2. The maximum absolute atomic E-state index is 13.3. The first-order valence-electron chi connectivity index (χ1n) is 16.7.